The molecule has 5 rings (SSSR count). The first-order chi connectivity index (χ1) is 16.9. The van der Waals surface area contributed by atoms with Crippen LogP contribution in [0.15, 0.2) is 36.4 Å². The number of nitrogens with zero attached hydrogens (tertiary/aromatic N) is 5. The van der Waals surface area contributed by atoms with Crippen LogP contribution in [0.25, 0.3) is 28.5 Å². The number of tetrazole rings is 1. The van der Waals surface area contributed by atoms with Crippen LogP contribution in [0.3, 0.4) is 0 Å². The number of hydrogen-bond acceptors (Lipinski definition) is 5. The lowest BCUT2D eigenvalue weighted by molar-refractivity contribution is -0.136. The van der Waals surface area contributed by atoms with Crippen molar-refractivity contribution in [3.05, 3.63) is 63.6 Å². The fraction of sp³-hybridized carbons (Fsp3) is 0.292. The average molecular weight is 515 g/mol. The van der Waals surface area contributed by atoms with Crippen molar-refractivity contribution < 1.29 is 14.3 Å². The van der Waals surface area contributed by atoms with Gasteiger partial charge in [0.15, 0.2) is 0 Å². The summed E-state index contributed by atoms with van der Waals surface area (Å²) in [7, 11) is 0. The molecule has 2 N–H and O–H groups in total. The van der Waals surface area contributed by atoms with Gasteiger partial charge in [0.2, 0.25) is 5.82 Å². The molecule has 4 aromatic rings. The van der Waals surface area contributed by atoms with Crippen LogP contribution in [0.5, 0.6) is 0 Å². The summed E-state index contributed by atoms with van der Waals surface area (Å²) in [6.07, 6.45) is 4.92. The van der Waals surface area contributed by atoms with Gasteiger partial charge in [-0.25, -0.2) is 9.37 Å². The molecule has 1 fully saturated rings. The van der Waals surface area contributed by atoms with Crippen LogP contribution in [0, 0.1) is 5.82 Å². The number of H-pyrrole nitrogens is 1. The molecule has 0 unspecified atom stereocenters. The van der Waals surface area contributed by atoms with Crippen molar-refractivity contribution in [2.45, 2.75) is 44.4 Å². The first kappa shape index (κ1) is 23.4. The van der Waals surface area contributed by atoms with Crippen LogP contribution >= 0.6 is 23.2 Å². The zero-order valence-corrected chi connectivity index (χ0v) is 20.0. The highest BCUT2D eigenvalue weighted by Gasteiger charge is 2.30. The number of nitrogens with one attached hydrogen (secondary N) is 1. The van der Waals surface area contributed by atoms with E-state index in [4.69, 9.17) is 28.2 Å². The molecule has 35 heavy (non-hydrogen) atoms. The Morgan fingerprint density at radius 2 is 1.94 bits per heavy atom. The van der Waals surface area contributed by atoms with Gasteiger partial charge in [0.05, 0.1) is 22.8 Å². The fourth-order valence-electron chi connectivity index (χ4n) is 4.70. The Bertz CT molecular complexity index is 1380. The number of imidazole rings is 1. The van der Waals surface area contributed by atoms with Crippen LogP contribution in [-0.2, 0) is 11.2 Å². The van der Waals surface area contributed by atoms with Crippen molar-refractivity contribution in [3.63, 3.8) is 0 Å². The normalized spacial score (nSPS) is 14.4. The lowest BCUT2D eigenvalue weighted by Crippen LogP contribution is -2.14. The average Bonchev–Trinajstić information content (AvgIpc) is 3.50. The van der Waals surface area contributed by atoms with E-state index < -0.39 is 11.8 Å². The van der Waals surface area contributed by atoms with Gasteiger partial charge in [0.25, 0.3) is 0 Å². The Morgan fingerprint density at radius 3 is 2.63 bits per heavy atom. The monoisotopic (exact) mass is 514 g/mol. The molecular formula is C24H21Cl2FN6O2. The van der Waals surface area contributed by atoms with Crippen LogP contribution < -0.4 is 0 Å². The molecule has 0 bridgehead atoms. The van der Waals surface area contributed by atoms with Gasteiger partial charge in [-0.05, 0) is 54.0 Å². The molecule has 8 nitrogen and oxygen atoms in total. The van der Waals surface area contributed by atoms with Gasteiger partial charge < -0.3 is 5.11 Å². The maximum atomic E-state index is 14.1. The predicted molar refractivity (Wildman–Crippen MR) is 129 cm³/mol. The molecule has 0 atom stereocenters. The van der Waals surface area contributed by atoms with E-state index in [1.54, 1.807) is 24.3 Å². The zero-order valence-electron chi connectivity index (χ0n) is 18.5. The molecule has 0 saturated heterocycles. The number of aliphatic carboxylic acids is 1. The molecule has 2 aromatic carbocycles. The minimum absolute atomic E-state index is 0.0506. The van der Waals surface area contributed by atoms with E-state index >= 15 is 0 Å². The number of rotatable bonds is 6. The molecule has 2 heterocycles. The van der Waals surface area contributed by atoms with Crippen LogP contribution in [0.1, 0.15) is 49.4 Å². The lowest BCUT2D eigenvalue weighted by Gasteiger charge is -2.24. The smallest absolute Gasteiger partial charge is 0.307 e. The highest BCUT2D eigenvalue weighted by Crippen LogP contribution is 2.42. The van der Waals surface area contributed by atoms with E-state index in [0.29, 0.717) is 33.2 Å². The second-order valence-electron chi connectivity index (χ2n) is 8.55. The van der Waals surface area contributed by atoms with Crippen molar-refractivity contribution in [1.82, 2.24) is 30.2 Å². The Hall–Kier alpha value is -3.30. The molecular weight excluding hydrogens is 494 g/mol. The summed E-state index contributed by atoms with van der Waals surface area (Å²) in [4.78, 5) is 16.7. The Balaban J connectivity index is 1.86. The SMILES string of the molecule is O=C(O)Cc1ccc(Cl)cc1-n1c(C2CCCCC2)nc(-c2nn[nH]n2)c1-c1ccc(F)c(Cl)c1. The molecule has 180 valence electrons. The van der Waals surface area contributed by atoms with Crippen LogP contribution in [0.4, 0.5) is 4.39 Å². The highest BCUT2D eigenvalue weighted by molar-refractivity contribution is 6.31. The van der Waals surface area contributed by atoms with E-state index in [1.807, 2.05) is 4.57 Å². The molecule has 1 aliphatic carbocycles. The van der Waals surface area contributed by atoms with E-state index in [9.17, 15) is 14.3 Å². The second kappa shape index (κ2) is 9.75. The van der Waals surface area contributed by atoms with Gasteiger partial charge in [-0.1, -0.05) is 48.5 Å². The third-order valence-electron chi connectivity index (χ3n) is 6.25. The van der Waals surface area contributed by atoms with Gasteiger partial charge in [-0.15, -0.1) is 10.2 Å². The minimum atomic E-state index is -0.974. The largest absolute Gasteiger partial charge is 0.481 e. The van der Waals surface area contributed by atoms with Crippen molar-refractivity contribution in [2.75, 3.05) is 0 Å². The Morgan fingerprint density at radius 1 is 1.14 bits per heavy atom. The minimum Gasteiger partial charge on any atom is -0.481 e. The maximum absolute atomic E-state index is 14.1. The number of hydrogen-bond donors (Lipinski definition) is 2. The standard InChI is InChI=1S/C24H21Cl2FN6O2/c25-16-8-6-14(11-20(34)35)19(12-16)33-22(15-7-9-18(27)17(26)10-15)21(23-29-31-32-30-23)28-24(33)13-4-2-1-3-5-13/h6-10,12-13H,1-5,11H2,(H,34,35)(H,29,30,31,32). The summed E-state index contributed by atoms with van der Waals surface area (Å²) in [6, 6.07) is 9.49. The summed E-state index contributed by atoms with van der Waals surface area (Å²) in [6.45, 7) is 0. The Kier molecular flexibility index (Phi) is 6.53. The zero-order chi connectivity index (χ0) is 24.5. The number of benzene rings is 2. The molecule has 1 saturated carbocycles. The van der Waals surface area contributed by atoms with Gasteiger partial charge >= 0.3 is 5.97 Å². The molecule has 1 aliphatic rings. The van der Waals surface area contributed by atoms with E-state index in [-0.39, 0.29) is 23.2 Å². The van der Waals surface area contributed by atoms with E-state index in [2.05, 4.69) is 20.6 Å². The summed E-state index contributed by atoms with van der Waals surface area (Å²) < 4.78 is 16.0. The predicted octanol–water partition coefficient (Wildman–Crippen LogP) is 5.84. The first-order valence-corrected chi connectivity index (χ1v) is 12.0. The molecule has 0 aliphatic heterocycles. The number of carboxylic acid groups (broad SMARTS) is 1. The van der Waals surface area contributed by atoms with Gasteiger partial charge in [-0.3, -0.25) is 9.36 Å². The number of halogens is 3. The number of carboxylic acids is 1. The molecule has 11 heteroatoms. The van der Waals surface area contributed by atoms with Crippen molar-refractivity contribution >= 4 is 29.2 Å². The second-order valence-corrected chi connectivity index (χ2v) is 9.39. The van der Waals surface area contributed by atoms with Crippen molar-refractivity contribution in [2.24, 2.45) is 0 Å². The molecule has 0 spiro atoms. The van der Waals surface area contributed by atoms with Crippen molar-refractivity contribution in [1.29, 1.82) is 0 Å². The first-order valence-electron chi connectivity index (χ1n) is 11.2. The highest BCUT2D eigenvalue weighted by atomic mass is 35.5. The van der Waals surface area contributed by atoms with Crippen LogP contribution in [-0.4, -0.2) is 41.3 Å². The van der Waals surface area contributed by atoms with Gasteiger partial charge in [-0.2, -0.15) is 5.21 Å². The molecule has 2 aromatic heterocycles. The van der Waals surface area contributed by atoms with Crippen LogP contribution in [0.2, 0.25) is 10.0 Å². The lowest BCUT2D eigenvalue weighted by atomic mass is 9.88. The number of aromatic amines is 1. The molecule has 0 amide bonds. The topological polar surface area (TPSA) is 110 Å². The maximum Gasteiger partial charge on any atom is 0.307 e. The third-order valence-corrected chi connectivity index (χ3v) is 6.78. The summed E-state index contributed by atoms with van der Waals surface area (Å²) >= 11 is 12.6. The molecule has 0 radical (unpaired) electrons. The van der Waals surface area contributed by atoms with Gasteiger partial charge in [0.1, 0.15) is 17.3 Å². The van der Waals surface area contributed by atoms with Gasteiger partial charge in [0, 0.05) is 16.5 Å². The summed E-state index contributed by atoms with van der Waals surface area (Å²) in [5, 5.41) is 24.4. The van der Waals surface area contributed by atoms with Crippen molar-refractivity contribution in [3.8, 4) is 28.5 Å². The third kappa shape index (κ3) is 4.66. The van der Waals surface area contributed by atoms with E-state index in [1.165, 1.54) is 12.1 Å². The fourth-order valence-corrected chi connectivity index (χ4v) is 5.05. The number of aromatic nitrogens is 6. The Labute approximate surface area is 210 Å². The summed E-state index contributed by atoms with van der Waals surface area (Å²) in [5.74, 6) is -0.398. The van der Waals surface area contributed by atoms with E-state index in [0.717, 1.165) is 37.9 Å². The number of carbonyl (C=O) groups is 1. The quantitative estimate of drug-likeness (QED) is 0.334. The summed E-state index contributed by atoms with van der Waals surface area (Å²) in [5.41, 5.74) is 2.71.